The van der Waals surface area contributed by atoms with Gasteiger partial charge in [-0.3, -0.25) is 9.00 Å². The Morgan fingerprint density at radius 1 is 1.09 bits per heavy atom. The molecule has 1 aromatic rings. The minimum absolute atomic E-state index is 0.137. The Kier molecular flexibility index (Phi) is 7.39. The van der Waals surface area contributed by atoms with Crippen molar-refractivity contribution in [2.75, 3.05) is 25.6 Å². The lowest BCUT2D eigenvalue weighted by Crippen LogP contribution is -2.49. The summed E-state index contributed by atoms with van der Waals surface area (Å²) in [5.41, 5.74) is -0.982. The number of hydrogen-bond donors (Lipinski definition) is 0. The van der Waals surface area contributed by atoms with Gasteiger partial charge in [0.2, 0.25) is 0 Å². The molecular formula is C24H39N3O4S. The van der Waals surface area contributed by atoms with Gasteiger partial charge in [-0.15, -0.1) is 0 Å². The predicted molar refractivity (Wildman–Crippen MR) is 131 cm³/mol. The third kappa shape index (κ3) is 6.70. The first-order valence-corrected chi connectivity index (χ1v) is 13.4. The maximum atomic E-state index is 14.0. The van der Waals surface area contributed by atoms with Crippen molar-refractivity contribution in [2.24, 2.45) is 10.8 Å². The summed E-state index contributed by atoms with van der Waals surface area (Å²) in [6.07, 6.45) is 9.18. The van der Waals surface area contributed by atoms with Crippen molar-refractivity contribution in [2.45, 2.75) is 66.9 Å². The van der Waals surface area contributed by atoms with Crippen molar-refractivity contribution < 1.29 is 18.5 Å². The molecule has 0 saturated carbocycles. The highest BCUT2D eigenvalue weighted by Gasteiger charge is 2.42. The van der Waals surface area contributed by atoms with Crippen LogP contribution in [-0.4, -0.2) is 66.8 Å². The van der Waals surface area contributed by atoms with E-state index in [0.29, 0.717) is 36.5 Å². The van der Waals surface area contributed by atoms with Crippen LogP contribution in [0.2, 0.25) is 0 Å². The SMILES string of the molecule is CC(C)(C)/C=C(\C(C(=O)C1(C)CCN(C(=O)OC(C)(C)C)CC1)=S(C)(C)=O)n1cccn1. The fourth-order valence-electron chi connectivity index (χ4n) is 3.66. The number of ketones is 1. The number of piperidine rings is 1. The summed E-state index contributed by atoms with van der Waals surface area (Å²) < 4.78 is 20.5. The lowest BCUT2D eigenvalue weighted by atomic mass is 9.75. The van der Waals surface area contributed by atoms with E-state index in [1.807, 2.05) is 54.5 Å². The Bertz CT molecular complexity index is 985. The molecule has 1 saturated heterocycles. The number of rotatable bonds is 4. The second-order valence-electron chi connectivity index (χ2n) is 11.3. The van der Waals surface area contributed by atoms with E-state index in [-0.39, 0.29) is 17.3 Å². The van der Waals surface area contributed by atoms with Crippen LogP contribution in [0.15, 0.2) is 24.5 Å². The van der Waals surface area contributed by atoms with Crippen LogP contribution in [0.3, 0.4) is 0 Å². The van der Waals surface area contributed by atoms with Crippen molar-refractivity contribution >= 4 is 32.0 Å². The number of carbonyl (C=O) groups excluding carboxylic acids is 2. The molecule has 0 N–H and O–H groups in total. The van der Waals surface area contributed by atoms with Gasteiger partial charge in [-0.25, -0.2) is 9.48 Å². The smallest absolute Gasteiger partial charge is 0.410 e. The molecule has 0 spiro atoms. The Morgan fingerprint density at radius 3 is 2.06 bits per heavy atom. The Balaban J connectivity index is 2.41. The Hall–Kier alpha value is -2.09. The molecule has 1 amide bonds. The first kappa shape index (κ1) is 26.2. The third-order valence-electron chi connectivity index (χ3n) is 5.32. The van der Waals surface area contributed by atoms with Crippen LogP contribution >= 0.6 is 0 Å². The summed E-state index contributed by atoms with van der Waals surface area (Å²) in [5, 5.41) is 4.34. The molecule has 0 unspecified atom stereocenters. The van der Waals surface area contributed by atoms with E-state index in [2.05, 4.69) is 5.10 Å². The van der Waals surface area contributed by atoms with Crippen LogP contribution in [0.1, 0.15) is 61.3 Å². The van der Waals surface area contributed by atoms with Gasteiger partial charge in [-0.2, -0.15) is 5.10 Å². The molecule has 2 heterocycles. The van der Waals surface area contributed by atoms with Gasteiger partial charge in [0.1, 0.15) is 5.60 Å². The molecular weight excluding hydrogens is 426 g/mol. The number of ether oxygens (including phenoxy) is 1. The van der Waals surface area contributed by atoms with Gasteiger partial charge in [0.25, 0.3) is 0 Å². The fraction of sp³-hybridized carbons (Fsp3) is 0.667. The van der Waals surface area contributed by atoms with Crippen LogP contribution in [0.25, 0.3) is 5.70 Å². The summed E-state index contributed by atoms with van der Waals surface area (Å²) in [4.78, 5) is 28.4. The van der Waals surface area contributed by atoms with Crippen LogP contribution in [0.4, 0.5) is 4.79 Å². The molecule has 0 aliphatic carbocycles. The number of Topliss-reactive ketones (excluding diaryl/α,β-unsaturated/α-hetero) is 1. The van der Waals surface area contributed by atoms with Gasteiger partial charge in [-0.1, -0.05) is 33.8 Å². The van der Waals surface area contributed by atoms with Crippen LogP contribution in [0, 0.1) is 10.8 Å². The van der Waals surface area contributed by atoms with Crippen LogP contribution in [-0.2, 0) is 19.1 Å². The molecule has 32 heavy (non-hydrogen) atoms. The molecule has 8 heteroatoms. The highest BCUT2D eigenvalue weighted by atomic mass is 32.2. The van der Waals surface area contributed by atoms with Crippen LogP contribution < -0.4 is 0 Å². The van der Waals surface area contributed by atoms with E-state index in [1.54, 1.807) is 40.6 Å². The molecule has 1 aliphatic rings. The molecule has 0 atom stereocenters. The average Bonchev–Trinajstić information content (AvgIpc) is 3.12. The number of likely N-dealkylation sites (tertiary alicyclic amines) is 1. The molecule has 0 aromatic carbocycles. The minimum Gasteiger partial charge on any atom is -0.444 e. The van der Waals surface area contributed by atoms with E-state index in [9.17, 15) is 13.8 Å². The first-order valence-electron chi connectivity index (χ1n) is 11.0. The Labute approximate surface area is 193 Å². The summed E-state index contributed by atoms with van der Waals surface area (Å²) in [6.45, 7) is 14.3. The van der Waals surface area contributed by atoms with Gasteiger partial charge in [0, 0.05) is 43.4 Å². The van der Waals surface area contributed by atoms with Crippen molar-refractivity contribution in [3.05, 3.63) is 24.5 Å². The average molecular weight is 466 g/mol. The zero-order valence-corrected chi connectivity index (χ0v) is 21.8. The van der Waals surface area contributed by atoms with Gasteiger partial charge in [0.05, 0.1) is 10.6 Å². The number of allylic oxidation sites excluding steroid dienone is 2. The molecule has 0 radical (unpaired) electrons. The summed E-state index contributed by atoms with van der Waals surface area (Å²) in [6, 6.07) is 1.78. The minimum atomic E-state index is -2.62. The third-order valence-corrected chi connectivity index (χ3v) is 6.70. The number of nitrogens with zero attached hydrogens (tertiary/aromatic N) is 3. The number of aromatic nitrogens is 2. The van der Waals surface area contributed by atoms with Crippen LogP contribution in [0.5, 0.6) is 0 Å². The van der Waals surface area contributed by atoms with Gasteiger partial charge in [-0.05, 0) is 54.6 Å². The van der Waals surface area contributed by atoms with Gasteiger partial charge in [0.15, 0.2) is 5.78 Å². The van der Waals surface area contributed by atoms with E-state index >= 15 is 0 Å². The lowest BCUT2D eigenvalue weighted by molar-refractivity contribution is -0.123. The second kappa shape index (κ2) is 9.04. The van der Waals surface area contributed by atoms with Crippen molar-refractivity contribution in [3.63, 3.8) is 0 Å². The van der Waals surface area contributed by atoms with Crippen molar-refractivity contribution in [1.29, 1.82) is 0 Å². The largest absolute Gasteiger partial charge is 0.444 e. The van der Waals surface area contributed by atoms with E-state index in [0.717, 1.165) is 0 Å². The predicted octanol–water partition coefficient (Wildman–Crippen LogP) is 4.09. The zero-order valence-electron chi connectivity index (χ0n) is 21.0. The molecule has 1 fully saturated rings. The molecule has 1 aromatic heterocycles. The van der Waals surface area contributed by atoms with Gasteiger partial charge >= 0.3 is 6.09 Å². The van der Waals surface area contributed by atoms with Gasteiger partial charge < -0.3 is 9.64 Å². The normalized spacial score (nSPS) is 17.8. The maximum Gasteiger partial charge on any atom is 0.410 e. The topological polar surface area (TPSA) is 81.5 Å². The van der Waals surface area contributed by atoms with Crippen molar-refractivity contribution in [3.8, 4) is 0 Å². The first-order chi connectivity index (χ1) is 14.4. The quantitative estimate of drug-likeness (QED) is 0.494. The Morgan fingerprint density at radius 2 is 1.66 bits per heavy atom. The lowest BCUT2D eigenvalue weighted by Gasteiger charge is -2.39. The molecule has 7 nitrogen and oxygen atoms in total. The van der Waals surface area contributed by atoms with E-state index in [4.69, 9.17) is 4.74 Å². The van der Waals surface area contributed by atoms with E-state index < -0.39 is 20.5 Å². The zero-order chi connectivity index (χ0) is 24.5. The highest BCUT2D eigenvalue weighted by molar-refractivity contribution is 8.03. The summed E-state index contributed by atoms with van der Waals surface area (Å²) >= 11 is 0. The summed E-state index contributed by atoms with van der Waals surface area (Å²) in [7, 11) is -2.62. The van der Waals surface area contributed by atoms with E-state index in [1.165, 1.54) is 0 Å². The maximum absolute atomic E-state index is 14.0. The van der Waals surface area contributed by atoms with Crippen molar-refractivity contribution in [1.82, 2.24) is 14.7 Å². The monoisotopic (exact) mass is 465 g/mol. The number of carbonyl (C=O) groups is 2. The fourth-order valence-corrected chi connectivity index (χ4v) is 5.01. The standard InChI is InChI=1S/C24H39N3O4S/c1-22(2,3)17-18(27-14-10-13-25-27)19(32(8,9)30)20(28)24(7)11-15-26(16-12-24)21(29)31-23(4,5)6/h10,13-14,17H,11-12,15-16H2,1-9H3/b18-17+. The number of amides is 1. The molecule has 1 aliphatic heterocycles. The number of hydrogen-bond acceptors (Lipinski definition) is 5. The molecule has 180 valence electrons. The highest BCUT2D eigenvalue weighted by Crippen LogP contribution is 2.35. The molecule has 2 rings (SSSR count). The molecule has 0 bridgehead atoms. The second-order valence-corrected chi connectivity index (χ2v) is 14.1. The summed E-state index contributed by atoms with van der Waals surface area (Å²) in [5.74, 6) is -0.137.